The maximum absolute atomic E-state index is 11.7. The van der Waals surface area contributed by atoms with Gasteiger partial charge in [-0.2, -0.15) is 0 Å². The van der Waals surface area contributed by atoms with Gasteiger partial charge in [-0.25, -0.2) is 12.7 Å². The first-order valence-corrected chi connectivity index (χ1v) is 6.68. The van der Waals surface area contributed by atoms with Gasteiger partial charge in [0.05, 0.1) is 0 Å². The molecule has 0 bridgehead atoms. The minimum absolute atomic E-state index is 0.0253. The van der Waals surface area contributed by atoms with Crippen molar-refractivity contribution in [3.63, 3.8) is 0 Å². The zero-order chi connectivity index (χ0) is 12.6. The number of carbonyl (C=O) groups excluding carboxylic acids is 1. The van der Waals surface area contributed by atoms with Gasteiger partial charge >= 0.3 is 0 Å². The minimum atomic E-state index is -3.62. The SMILES string of the molecule is CN(C)S(=O)(=O)c1ccc(C(=O)NC2CC2)o1. The molecular formula is C10H14N2O4S. The van der Waals surface area contributed by atoms with E-state index in [4.69, 9.17) is 4.42 Å². The lowest BCUT2D eigenvalue weighted by molar-refractivity contribution is 0.0918. The molecule has 0 radical (unpaired) electrons. The van der Waals surface area contributed by atoms with Gasteiger partial charge in [-0.05, 0) is 25.0 Å². The monoisotopic (exact) mass is 258 g/mol. The molecule has 1 aliphatic carbocycles. The molecule has 1 heterocycles. The molecule has 7 heteroatoms. The van der Waals surface area contributed by atoms with Gasteiger partial charge in [0.25, 0.3) is 15.9 Å². The largest absolute Gasteiger partial charge is 0.438 e. The average molecular weight is 258 g/mol. The molecule has 1 amide bonds. The molecule has 1 aromatic rings. The quantitative estimate of drug-likeness (QED) is 0.849. The van der Waals surface area contributed by atoms with Crippen LogP contribution in [0.1, 0.15) is 23.4 Å². The normalized spacial score (nSPS) is 16.2. The van der Waals surface area contributed by atoms with E-state index in [0.717, 1.165) is 17.1 Å². The zero-order valence-electron chi connectivity index (χ0n) is 9.63. The fourth-order valence-electron chi connectivity index (χ4n) is 1.24. The first-order valence-electron chi connectivity index (χ1n) is 5.24. The van der Waals surface area contributed by atoms with E-state index < -0.39 is 10.0 Å². The molecule has 0 aliphatic heterocycles. The summed E-state index contributed by atoms with van der Waals surface area (Å²) in [4.78, 5) is 11.6. The molecule has 0 spiro atoms. The lowest BCUT2D eigenvalue weighted by Gasteiger charge is -2.07. The van der Waals surface area contributed by atoms with Crippen LogP contribution in [0, 0.1) is 0 Å². The molecule has 0 aromatic carbocycles. The first-order chi connectivity index (χ1) is 7.91. The number of sulfonamides is 1. The number of carbonyl (C=O) groups is 1. The van der Waals surface area contributed by atoms with Crippen LogP contribution in [0.2, 0.25) is 0 Å². The molecule has 1 fully saturated rings. The van der Waals surface area contributed by atoms with E-state index in [0.29, 0.717) is 0 Å². The summed E-state index contributed by atoms with van der Waals surface area (Å²) >= 11 is 0. The lowest BCUT2D eigenvalue weighted by atomic mass is 10.4. The second-order valence-electron chi connectivity index (χ2n) is 4.15. The van der Waals surface area contributed by atoms with Crippen LogP contribution < -0.4 is 5.32 Å². The molecule has 0 unspecified atom stereocenters. The van der Waals surface area contributed by atoms with Crippen molar-refractivity contribution in [2.45, 2.75) is 24.0 Å². The van der Waals surface area contributed by atoms with Gasteiger partial charge in [0.15, 0.2) is 5.76 Å². The molecule has 0 atom stereocenters. The summed E-state index contributed by atoms with van der Waals surface area (Å²) in [5.41, 5.74) is 0. The number of hydrogen-bond donors (Lipinski definition) is 1. The van der Waals surface area contributed by atoms with Crippen LogP contribution in [0.4, 0.5) is 0 Å². The predicted molar refractivity (Wildman–Crippen MR) is 60.1 cm³/mol. The third kappa shape index (κ3) is 2.50. The van der Waals surface area contributed by atoms with Crippen molar-refractivity contribution in [2.24, 2.45) is 0 Å². The summed E-state index contributed by atoms with van der Waals surface area (Å²) < 4.78 is 29.5. The second kappa shape index (κ2) is 4.15. The second-order valence-corrected chi connectivity index (χ2v) is 6.24. The minimum Gasteiger partial charge on any atom is -0.438 e. The number of nitrogens with zero attached hydrogens (tertiary/aromatic N) is 1. The van der Waals surface area contributed by atoms with Gasteiger partial charge < -0.3 is 9.73 Å². The third-order valence-electron chi connectivity index (χ3n) is 2.45. The Morgan fingerprint density at radius 1 is 1.41 bits per heavy atom. The molecule has 94 valence electrons. The number of nitrogens with one attached hydrogen (secondary N) is 1. The summed E-state index contributed by atoms with van der Waals surface area (Å²) in [6.07, 6.45) is 1.94. The number of hydrogen-bond acceptors (Lipinski definition) is 4. The topological polar surface area (TPSA) is 79.6 Å². The highest BCUT2D eigenvalue weighted by molar-refractivity contribution is 7.88. The van der Waals surface area contributed by atoms with Crippen molar-refractivity contribution in [1.82, 2.24) is 9.62 Å². The highest BCUT2D eigenvalue weighted by atomic mass is 32.2. The summed E-state index contributed by atoms with van der Waals surface area (Å²) in [7, 11) is -0.807. The molecular weight excluding hydrogens is 244 g/mol. The molecule has 1 N–H and O–H groups in total. The van der Waals surface area contributed by atoms with Gasteiger partial charge in [0.1, 0.15) is 0 Å². The van der Waals surface area contributed by atoms with Crippen LogP contribution in [-0.4, -0.2) is 38.8 Å². The fourth-order valence-corrected chi connectivity index (χ4v) is 2.04. The van der Waals surface area contributed by atoms with E-state index in [-0.39, 0.29) is 22.8 Å². The molecule has 1 aromatic heterocycles. The molecule has 17 heavy (non-hydrogen) atoms. The van der Waals surface area contributed by atoms with Gasteiger partial charge in [-0.15, -0.1) is 0 Å². The van der Waals surface area contributed by atoms with Crippen molar-refractivity contribution in [2.75, 3.05) is 14.1 Å². The Morgan fingerprint density at radius 2 is 2.06 bits per heavy atom. The predicted octanol–water partition coefficient (Wildman–Crippen LogP) is 0.422. The van der Waals surface area contributed by atoms with Crippen LogP contribution in [0.25, 0.3) is 0 Å². The Kier molecular flexibility index (Phi) is 2.96. The molecule has 2 rings (SSSR count). The highest BCUT2D eigenvalue weighted by Crippen LogP contribution is 2.21. The number of rotatable bonds is 4. The standard InChI is InChI=1S/C10H14N2O4S/c1-12(2)17(14,15)9-6-5-8(16-9)10(13)11-7-3-4-7/h5-7H,3-4H2,1-2H3,(H,11,13). The number of furan rings is 1. The molecule has 0 saturated heterocycles. The summed E-state index contributed by atoms with van der Waals surface area (Å²) in [6.45, 7) is 0. The van der Waals surface area contributed by atoms with Crippen molar-refractivity contribution >= 4 is 15.9 Å². The maximum Gasteiger partial charge on any atom is 0.287 e. The van der Waals surface area contributed by atoms with Crippen molar-refractivity contribution in [3.8, 4) is 0 Å². The fraction of sp³-hybridized carbons (Fsp3) is 0.500. The molecule has 1 aliphatic rings. The summed E-state index contributed by atoms with van der Waals surface area (Å²) in [5, 5.41) is 2.50. The van der Waals surface area contributed by atoms with E-state index in [2.05, 4.69) is 5.32 Å². The van der Waals surface area contributed by atoms with Crippen LogP contribution in [0.5, 0.6) is 0 Å². The number of amides is 1. The Balaban J connectivity index is 2.17. The van der Waals surface area contributed by atoms with Gasteiger partial charge in [-0.3, -0.25) is 4.79 Å². The van der Waals surface area contributed by atoms with E-state index in [1.54, 1.807) is 0 Å². The highest BCUT2D eigenvalue weighted by Gasteiger charge is 2.27. The Bertz CT molecular complexity index is 528. The molecule has 1 saturated carbocycles. The summed E-state index contributed by atoms with van der Waals surface area (Å²) in [5.74, 6) is -0.343. The van der Waals surface area contributed by atoms with Crippen LogP contribution in [-0.2, 0) is 10.0 Å². The smallest absolute Gasteiger partial charge is 0.287 e. The Labute approximate surface area is 99.6 Å². The van der Waals surface area contributed by atoms with Gasteiger partial charge in [0, 0.05) is 20.1 Å². The first kappa shape index (κ1) is 12.1. The zero-order valence-corrected chi connectivity index (χ0v) is 10.5. The molecule has 6 nitrogen and oxygen atoms in total. The summed E-state index contributed by atoms with van der Waals surface area (Å²) in [6, 6.07) is 2.87. The average Bonchev–Trinajstić information content (AvgIpc) is 2.92. The van der Waals surface area contributed by atoms with Crippen molar-refractivity contribution < 1.29 is 17.6 Å². The van der Waals surface area contributed by atoms with E-state index in [9.17, 15) is 13.2 Å². The van der Waals surface area contributed by atoms with Crippen LogP contribution in [0.15, 0.2) is 21.6 Å². The van der Waals surface area contributed by atoms with Gasteiger partial charge in [-0.1, -0.05) is 0 Å². The third-order valence-corrected chi connectivity index (χ3v) is 4.14. The Morgan fingerprint density at radius 3 is 2.59 bits per heavy atom. The van der Waals surface area contributed by atoms with E-state index in [1.165, 1.54) is 26.2 Å². The lowest BCUT2D eigenvalue weighted by Crippen LogP contribution is -2.25. The van der Waals surface area contributed by atoms with Crippen molar-refractivity contribution in [3.05, 3.63) is 17.9 Å². The van der Waals surface area contributed by atoms with E-state index >= 15 is 0 Å². The van der Waals surface area contributed by atoms with E-state index in [1.807, 2.05) is 0 Å². The van der Waals surface area contributed by atoms with Gasteiger partial charge in [0.2, 0.25) is 5.09 Å². The van der Waals surface area contributed by atoms with Crippen molar-refractivity contribution in [1.29, 1.82) is 0 Å². The Hall–Kier alpha value is -1.34. The maximum atomic E-state index is 11.7. The van der Waals surface area contributed by atoms with Crippen LogP contribution in [0.3, 0.4) is 0 Å². The van der Waals surface area contributed by atoms with Crippen LogP contribution >= 0.6 is 0 Å².